The van der Waals surface area contributed by atoms with E-state index < -0.39 is 10.0 Å². The molecule has 0 atom stereocenters. The second-order valence-corrected chi connectivity index (χ2v) is 11.0. The number of rotatable bonds is 5. The number of hydrogen-bond donors (Lipinski definition) is 1. The fourth-order valence-electron chi connectivity index (χ4n) is 4.47. The number of amides is 1. The Morgan fingerprint density at radius 2 is 1.65 bits per heavy atom. The van der Waals surface area contributed by atoms with Crippen LogP contribution in [0.2, 0.25) is 0 Å². The van der Waals surface area contributed by atoms with Gasteiger partial charge >= 0.3 is 0 Å². The lowest BCUT2D eigenvalue weighted by Crippen LogP contribution is -2.32. The monoisotopic (exact) mass is 494 g/mol. The standard InChI is InChI=1S/C26H26N2O4S2/c1-33-25-13-11-19(17-22(25)26(29)28-14-6-2-3-7-15-28)34(30,31)27-18-10-12-21-20-8-4-5-9-23(20)32-24(21)16-18/h4-5,8-13,16-17,27H,2-3,6-7,14-15H2,1H3. The third-order valence-electron chi connectivity index (χ3n) is 6.24. The van der Waals surface area contributed by atoms with Crippen LogP contribution in [0.5, 0.6) is 0 Å². The van der Waals surface area contributed by atoms with E-state index >= 15 is 0 Å². The van der Waals surface area contributed by atoms with Crippen LogP contribution in [0.3, 0.4) is 0 Å². The topological polar surface area (TPSA) is 79.6 Å². The Balaban J connectivity index is 1.46. The second-order valence-electron chi connectivity index (χ2n) is 8.48. The number of thioether (sulfide) groups is 1. The zero-order chi connectivity index (χ0) is 23.7. The molecule has 8 heteroatoms. The Labute approximate surface area is 203 Å². The number of benzene rings is 3. The van der Waals surface area contributed by atoms with Gasteiger partial charge in [0.05, 0.1) is 16.1 Å². The lowest BCUT2D eigenvalue weighted by atomic mass is 10.1. The van der Waals surface area contributed by atoms with Crippen LogP contribution in [0, 0.1) is 0 Å². The highest BCUT2D eigenvalue weighted by atomic mass is 32.2. The lowest BCUT2D eigenvalue weighted by Gasteiger charge is -2.22. The number of carbonyl (C=O) groups excluding carboxylic acids is 1. The van der Waals surface area contributed by atoms with Gasteiger partial charge in [-0.2, -0.15) is 0 Å². The fourth-order valence-corrected chi connectivity index (χ4v) is 6.11. The van der Waals surface area contributed by atoms with Crippen molar-refractivity contribution in [2.75, 3.05) is 24.1 Å². The zero-order valence-electron chi connectivity index (χ0n) is 18.9. The van der Waals surface area contributed by atoms with Crippen LogP contribution in [0.4, 0.5) is 5.69 Å². The minimum atomic E-state index is -3.90. The molecule has 1 aliphatic rings. The predicted molar refractivity (Wildman–Crippen MR) is 137 cm³/mol. The molecule has 1 fully saturated rings. The average Bonchev–Trinajstić information content (AvgIpc) is 3.00. The summed E-state index contributed by atoms with van der Waals surface area (Å²) in [5.41, 5.74) is 2.20. The summed E-state index contributed by atoms with van der Waals surface area (Å²) >= 11 is 1.44. The Kier molecular flexibility index (Phi) is 6.27. The summed E-state index contributed by atoms with van der Waals surface area (Å²) in [6.07, 6.45) is 6.08. The first-order chi connectivity index (χ1) is 16.5. The van der Waals surface area contributed by atoms with E-state index in [2.05, 4.69) is 4.72 Å². The molecule has 4 aromatic rings. The van der Waals surface area contributed by atoms with E-state index in [4.69, 9.17) is 4.42 Å². The zero-order valence-corrected chi connectivity index (χ0v) is 20.5. The lowest BCUT2D eigenvalue weighted by molar-refractivity contribution is 0.0758. The second kappa shape index (κ2) is 9.35. The number of hydrogen-bond acceptors (Lipinski definition) is 5. The van der Waals surface area contributed by atoms with Crippen molar-refractivity contribution in [2.45, 2.75) is 35.5 Å². The smallest absolute Gasteiger partial charge is 0.261 e. The van der Waals surface area contributed by atoms with Crippen molar-refractivity contribution in [3.05, 3.63) is 66.2 Å². The van der Waals surface area contributed by atoms with Gasteiger partial charge in [-0.15, -0.1) is 11.8 Å². The number of furan rings is 1. The molecule has 0 aliphatic carbocycles. The largest absolute Gasteiger partial charge is 0.456 e. The van der Waals surface area contributed by atoms with E-state index in [1.54, 1.807) is 24.3 Å². The minimum Gasteiger partial charge on any atom is -0.456 e. The average molecular weight is 495 g/mol. The molecule has 1 N–H and O–H groups in total. The molecule has 3 aromatic carbocycles. The van der Waals surface area contributed by atoms with Crippen LogP contribution in [0.15, 0.2) is 74.9 Å². The molecule has 2 heterocycles. The fraction of sp³-hybridized carbons (Fsp3) is 0.269. The van der Waals surface area contributed by atoms with Crippen molar-refractivity contribution in [1.82, 2.24) is 4.90 Å². The van der Waals surface area contributed by atoms with Crippen molar-refractivity contribution in [3.8, 4) is 0 Å². The number of fused-ring (bicyclic) bond motifs is 3. The number of carbonyl (C=O) groups is 1. The highest BCUT2D eigenvalue weighted by molar-refractivity contribution is 7.98. The maximum Gasteiger partial charge on any atom is 0.261 e. The van der Waals surface area contributed by atoms with Crippen molar-refractivity contribution in [3.63, 3.8) is 0 Å². The molecule has 1 aliphatic heterocycles. The highest BCUT2D eigenvalue weighted by Gasteiger charge is 2.23. The molecule has 0 radical (unpaired) electrons. The minimum absolute atomic E-state index is 0.0631. The summed E-state index contributed by atoms with van der Waals surface area (Å²) in [5.74, 6) is -0.105. The van der Waals surface area contributed by atoms with Crippen molar-refractivity contribution in [1.29, 1.82) is 0 Å². The first-order valence-electron chi connectivity index (χ1n) is 11.4. The van der Waals surface area contributed by atoms with Gasteiger partial charge in [-0.25, -0.2) is 8.42 Å². The van der Waals surface area contributed by atoms with Gasteiger partial charge in [0, 0.05) is 34.8 Å². The van der Waals surface area contributed by atoms with Crippen LogP contribution in [-0.2, 0) is 10.0 Å². The van der Waals surface area contributed by atoms with Crippen LogP contribution in [-0.4, -0.2) is 38.6 Å². The molecular formula is C26H26N2O4S2. The van der Waals surface area contributed by atoms with E-state index in [-0.39, 0.29) is 10.8 Å². The van der Waals surface area contributed by atoms with Crippen molar-refractivity contribution < 1.29 is 17.6 Å². The van der Waals surface area contributed by atoms with Gasteiger partial charge in [0.25, 0.3) is 15.9 Å². The molecule has 5 rings (SSSR count). The predicted octanol–water partition coefficient (Wildman–Crippen LogP) is 6.12. The third-order valence-corrected chi connectivity index (χ3v) is 8.41. The first-order valence-corrected chi connectivity index (χ1v) is 14.1. The van der Waals surface area contributed by atoms with Gasteiger partial charge in [0.2, 0.25) is 0 Å². The number of nitrogens with zero attached hydrogens (tertiary/aromatic N) is 1. The molecule has 1 saturated heterocycles. The van der Waals surface area contributed by atoms with Crippen LogP contribution in [0.25, 0.3) is 21.9 Å². The summed E-state index contributed by atoms with van der Waals surface area (Å²) in [4.78, 5) is 16.0. The number of sulfonamides is 1. The van der Waals surface area contributed by atoms with E-state index in [1.807, 2.05) is 41.5 Å². The highest BCUT2D eigenvalue weighted by Crippen LogP contribution is 2.32. The van der Waals surface area contributed by atoms with Gasteiger partial charge in [0.1, 0.15) is 11.2 Å². The number of para-hydroxylation sites is 1. The summed E-state index contributed by atoms with van der Waals surface area (Å²) in [7, 11) is -3.90. The molecular weight excluding hydrogens is 468 g/mol. The Morgan fingerprint density at radius 3 is 2.41 bits per heavy atom. The number of likely N-dealkylation sites (tertiary alicyclic amines) is 1. The Hall–Kier alpha value is -2.97. The van der Waals surface area contributed by atoms with Crippen molar-refractivity contribution in [2.24, 2.45) is 0 Å². The molecule has 0 saturated carbocycles. The van der Waals surface area contributed by atoms with Gasteiger partial charge in [-0.1, -0.05) is 31.0 Å². The molecule has 1 amide bonds. The van der Waals surface area contributed by atoms with E-state index in [9.17, 15) is 13.2 Å². The van der Waals surface area contributed by atoms with Crippen LogP contribution < -0.4 is 4.72 Å². The van der Waals surface area contributed by atoms with E-state index in [0.717, 1.165) is 46.9 Å². The normalized spacial score (nSPS) is 14.9. The summed E-state index contributed by atoms with van der Waals surface area (Å²) in [5, 5.41) is 1.91. The maximum atomic E-state index is 13.3. The summed E-state index contributed by atoms with van der Waals surface area (Å²) in [6.45, 7) is 1.42. The molecule has 0 unspecified atom stereocenters. The third kappa shape index (κ3) is 4.40. The first kappa shape index (κ1) is 22.8. The molecule has 0 bridgehead atoms. The number of nitrogens with one attached hydrogen (secondary N) is 1. The summed E-state index contributed by atoms with van der Waals surface area (Å²) < 4.78 is 35.0. The quantitative estimate of drug-likeness (QED) is 0.338. The van der Waals surface area contributed by atoms with Gasteiger partial charge in [0.15, 0.2) is 0 Å². The molecule has 6 nitrogen and oxygen atoms in total. The van der Waals surface area contributed by atoms with Gasteiger partial charge in [-0.05, 0) is 55.5 Å². The SMILES string of the molecule is CSc1ccc(S(=O)(=O)Nc2ccc3c(c2)oc2ccccc23)cc1C(=O)N1CCCCCC1. The molecule has 0 spiro atoms. The van der Waals surface area contributed by atoms with Crippen molar-refractivity contribution >= 4 is 55.3 Å². The van der Waals surface area contributed by atoms with Gasteiger partial charge < -0.3 is 9.32 Å². The van der Waals surface area contributed by atoms with Crippen LogP contribution in [0.1, 0.15) is 36.0 Å². The maximum absolute atomic E-state index is 13.3. The van der Waals surface area contributed by atoms with Gasteiger partial charge in [-0.3, -0.25) is 9.52 Å². The van der Waals surface area contributed by atoms with Crippen LogP contribution >= 0.6 is 11.8 Å². The van der Waals surface area contributed by atoms with E-state index in [1.165, 1.54) is 17.8 Å². The Bertz CT molecular complexity index is 1470. The number of anilines is 1. The molecule has 176 valence electrons. The Morgan fingerprint density at radius 1 is 0.912 bits per heavy atom. The molecule has 34 heavy (non-hydrogen) atoms. The molecule has 1 aromatic heterocycles. The van der Waals surface area contributed by atoms with E-state index in [0.29, 0.717) is 29.9 Å². The summed E-state index contributed by atoms with van der Waals surface area (Å²) in [6, 6.07) is 17.7.